The average Bonchev–Trinajstić information content (AvgIpc) is 2.46. The summed E-state index contributed by atoms with van der Waals surface area (Å²) in [6.45, 7) is 1.36. The van der Waals surface area contributed by atoms with E-state index in [1.807, 2.05) is 24.3 Å². The van der Waals surface area contributed by atoms with Crippen molar-refractivity contribution in [3.05, 3.63) is 40.6 Å². The number of ether oxygens (including phenoxy) is 1. The van der Waals surface area contributed by atoms with Gasteiger partial charge < -0.3 is 10.1 Å². The van der Waals surface area contributed by atoms with Gasteiger partial charge in [0.25, 0.3) is 0 Å². The number of nitro groups is 1. The molecule has 0 unspecified atom stereocenters. The second kappa shape index (κ2) is 6.81. The SMILES string of the molecule is COCCCCNc1c([N+](=O)[O-])cnc2ccccc12. The molecule has 0 fully saturated rings. The van der Waals surface area contributed by atoms with Gasteiger partial charge in [-0.1, -0.05) is 18.2 Å². The molecular formula is C14H17N3O3. The molecule has 20 heavy (non-hydrogen) atoms. The molecule has 6 heteroatoms. The summed E-state index contributed by atoms with van der Waals surface area (Å²) in [5, 5.41) is 15.0. The van der Waals surface area contributed by atoms with Crippen LogP contribution in [0.15, 0.2) is 30.5 Å². The predicted octanol–water partition coefficient (Wildman–Crippen LogP) is 2.98. The zero-order valence-electron chi connectivity index (χ0n) is 11.3. The zero-order valence-corrected chi connectivity index (χ0v) is 11.3. The van der Waals surface area contributed by atoms with Crippen LogP contribution in [-0.2, 0) is 4.74 Å². The van der Waals surface area contributed by atoms with Crippen LogP contribution in [0.25, 0.3) is 10.9 Å². The number of hydrogen-bond donors (Lipinski definition) is 1. The Labute approximate surface area is 116 Å². The molecule has 6 nitrogen and oxygen atoms in total. The highest BCUT2D eigenvalue weighted by molar-refractivity contribution is 5.95. The Morgan fingerprint density at radius 1 is 1.35 bits per heavy atom. The molecule has 1 N–H and O–H groups in total. The molecule has 0 spiro atoms. The summed E-state index contributed by atoms with van der Waals surface area (Å²) in [7, 11) is 1.66. The topological polar surface area (TPSA) is 77.3 Å². The van der Waals surface area contributed by atoms with Crippen LogP contribution in [0.5, 0.6) is 0 Å². The van der Waals surface area contributed by atoms with Crippen molar-refractivity contribution >= 4 is 22.3 Å². The largest absolute Gasteiger partial charge is 0.385 e. The maximum atomic E-state index is 11.1. The molecule has 1 aromatic heterocycles. The van der Waals surface area contributed by atoms with Gasteiger partial charge in [-0.25, -0.2) is 4.98 Å². The molecular weight excluding hydrogens is 258 g/mol. The fraction of sp³-hybridized carbons (Fsp3) is 0.357. The summed E-state index contributed by atoms with van der Waals surface area (Å²) >= 11 is 0. The van der Waals surface area contributed by atoms with Crippen LogP contribution in [0.1, 0.15) is 12.8 Å². The van der Waals surface area contributed by atoms with Crippen LogP contribution in [0.2, 0.25) is 0 Å². The highest BCUT2D eigenvalue weighted by Gasteiger charge is 2.17. The molecule has 106 valence electrons. The molecule has 2 aromatic rings. The first-order valence-electron chi connectivity index (χ1n) is 6.49. The van der Waals surface area contributed by atoms with Crippen molar-refractivity contribution in [2.24, 2.45) is 0 Å². The maximum Gasteiger partial charge on any atom is 0.311 e. The van der Waals surface area contributed by atoms with E-state index < -0.39 is 4.92 Å². The van der Waals surface area contributed by atoms with E-state index in [9.17, 15) is 10.1 Å². The van der Waals surface area contributed by atoms with E-state index in [0.717, 1.165) is 23.7 Å². The molecule has 0 aliphatic rings. The summed E-state index contributed by atoms with van der Waals surface area (Å²) in [5.41, 5.74) is 1.30. The van der Waals surface area contributed by atoms with Gasteiger partial charge in [-0.2, -0.15) is 0 Å². The maximum absolute atomic E-state index is 11.1. The summed E-state index contributed by atoms with van der Waals surface area (Å²) in [6.07, 6.45) is 3.11. The highest BCUT2D eigenvalue weighted by Crippen LogP contribution is 2.31. The Hall–Kier alpha value is -2.21. The minimum atomic E-state index is -0.406. The fourth-order valence-electron chi connectivity index (χ4n) is 2.04. The van der Waals surface area contributed by atoms with Gasteiger partial charge in [0.2, 0.25) is 0 Å². The number of hydrogen-bond acceptors (Lipinski definition) is 5. The van der Waals surface area contributed by atoms with E-state index in [0.29, 0.717) is 18.8 Å². The van der Waals surface area contributed by atoms with Crippen LogP contribution in [-0.4, -0.2) is 30.2 Å². The Bertz CT molecular complexity index is 601. The van der Waals surface area contributed by atoms with Crippen molar-refractivity contribution in [1.29, 1.82) is 0 Å². The number of pyridine rings is 1. The third-order valence-corrected chi connectivity index (χ3v) is 3.03. The lowest BCUT2D eigenvalue weighted by atomic mass is 10.1. The minimum absolute atomic E-state index is 0.00967. The van der Waals surface area contributed by atoms with E-state index in [-0.39, 0.29) is 5.69 Å². The van der Waals surface area contributed by atoms with Gasteiger partial charge in [-0.05, 0) is 18.9 Å². The molecule has 0 saturated carbocycles. The monoisotopic (exact) mass is 275 g/mol. The summed E-state index contributed by atoms with van der Waals surface area (Å²) < 4.78 is 4.98. The molecule has 0 radical (unpaired) electrons. The first-order chi connectivity index (χ1) is 9.74. The summed E-state index contributed by atoms with van der Waals surface area (Å²) in [4.78, 5) is 14.8. The smallest absolute Gasteiger partial charge is 0.311 e. The van der Waals surface area contributed by atoms with Crippen molar-refractivity contribution in [3.8, 4) is 0 Å². The molecule has 0 atom stereocenters. The van der Waals surface area contributed by atoms with E-state index in [1.165, 1.54) is 6.20 Å². The number of nitrogens with zero attached hydrogens (tertiary/aromatic N) is 2. The number of nitrogens with one attached hydrogen (secondary N) is 1. The molecule has 0 aliphatic heterocycles. The van der Waals surface area contributed by atoms with Gasteiger partial charge in [0, 0.05) is 25.6 Å². The standard InChI is InChI=1S/C14H17N3O3/c1-20-9-5-4-8-15-14-11-6-2-3-7-12(11)16-10-13(14)17(18)19/h2-3,6-7,10H,4-5,8-9H2,1H3,(H,15,16). The molecule has 0 saturated heterocycles. The molecule has 2 rings (SSSR count). The highest BCUT2D eigenvalue weighted by atomic mass is 16.6. The number of fused-ring (bicyclic) bond motifs is 1. The second-order valence-electron chi connectivity index (χ2n) is 4.42. The van der Waals surface area contributed by atoms with Crippen molar-refractivity contribution in [1.82, 2.24) is 4.98 Å². The number of rotatable bonds is 7. The lowest BCUT2D eigenvalue weighted by molar-refractivity contribution is -0.384. The fourth-order valence-corrected chi connectivity index (χ4v) is 2.04. The van der Waals surface area contributed by atoms with Crippen LogP contribution >= 0.6 is 0 Å². The van der Waals surface area contributed by atoms with Gasteiger partial charge in [-0.15, -0.1) is 0 Å². The predicted molar refractivity (Wildman–Crippen MR) is 78.0 cm³/mol. The van der Waals surface area contributed by atoms with Gasteiger partial charge in [-0.3, -0.25) is 10.1 Å². The third kappa shape index (κ3) is 3.21. The quantitative estimate of drug-likeness (QED) is 0.477. The lowest BCUT2D eigenvalue weighted by Crippen LogP contribution is -2.06. The number of benzene rings is 1. The van der Waals surface area contributed by atoms with Gasteiger partial charge in [0.1, 0.15) is 11.9 Å². The van der Waals surface area contributed by atoms with Gasteiger partial charge in [0.05, 0.1) is 10.4 Å². The Morgan fingerprint density at radius 3 is 2.90 bits per heavy atom. The van der Waals surface area contributed by atoms with Crippen molar-refractivity contribution in [2.45, 2.75) is 12.8 Å². The Kier molecular flexibility index (Phi) is 4.84. The Morgan fingerprint density at radius 2 is 2.15 bits per heavy atom. The van der Waals surface area contributed by atoms with Crippen molar-refractivity contribution in [2.75, 3.05) is 25.6 Å². The summed E-state index contributed by atoms with van der Waals surface area (Å²) in [5.74, 6) is 0. The van der Waals surface area contributed by atoms with Crippen molar-refractivity contribution < 1.29 is 9.66 Å². The minimum Gasteiger partial charge on any atom is -0.385 e. The van der Waals surface area contributed by atoms with Crippen LogP contribution < -0.4 is 5.32 Å². The third-order valence-electron chi connectivity index (χ3n) is 3.03. The lowest BCUT2D eigenvalue weighted by Gasteiger charge is -2.09. The second-order valence-corrected chi connectivity index (χ2v) is 4.42. The van der Waals surface area contributed by atoms with Crippen molar-refractivity contribution in [3.63, 3.8) is 0 Å². The average molecular weight is 275 g/mol. The zero-order chi connectivity index (χ0) is 14.4. The number of unbranched alkanes of at least 4 members (excludes halogenated alkanes) is 1. The number of aromatic nitrogens is 1. The first-order valence-corrected chi connectivity index (χ1v) is 6.49. The van der Waals surface area contributed by atoms with E-state index in [4.69, 9.17) is 4.74 Å². The number of methoxy groups -OCH3 is 1. The normalized spacial score (nSPS) is 10.7. The van der Waals surface area contributed by atoms with Gasteiger partial charge in [0.15, 0.2) is 0 Å². The summed E-state index contributed by atoms with van der Waals surface area (Å²) in [6, 6.07) is 7.40. The van der Waals surface area contributed by atoms with E-state index in [2.05, 4.69) is 10.3 Å². The molecule has 0 amide bonds. The number of para-hydroxylation sites is 1. The van der Waals surface area contributed by atoms with Gasteiger partial charge >= 0.3 is 5.69 Å². The molecule has 0 bridgehead atoms. The molecule has 0 aliphatic carbocycles. The molecule has 1 heterocycles. The first kappa shape index (κ1) is 14.2. The van der Waals surface area contributed by atoms with E-state index in [1.54, 1.807) is 7.11 Å². The van der Waals surface area contributed by atoms with Crippen LogP contribution in [0.4, 0.5) is 11.4 Å². The number of anilines is 1. The van der Waals surface area contributed by atoms with Crippen LogP contribution in [0.3, 0.4) is 0 Å². The Balaban J connectivity index is 2.23. The van der Waals surface area contributed by atoms with Crippen LogP contribution in [0, 0.1) is 10.1 Å². The van der Waals surface area contributed by atoms with E-state index >= 15 is 0 Å². The molecule has 1 aromatic carbocycles.